The van der Waals surface area contributed by atoms with Gasteiger partial charge in [0.05, 0.1) is 5.52 Å². The minimum Gasteiger partial charge on any atom is -0.458 e. The number of hydrogen-bond acceptors (Lipinski definition) is 1. The summed E-state index contributed by atoms with van der Waals surface area (Å²) in [5.74, 6) is 1.93. The number of nitrogens with zero attached hydrogens (tertiary/aromatic N) is 1. The smallest absolute Gasteiger partial charge is 0.256 e. The molecule has 2 aliphatic heterocycles. The van der Waals surface area contributed by atoms with Crippen LogP contribution in [0, 0.1) is 41.5 Å². The van der Waals surface area contributed by atoms with Gasteiger partial charge in [-0.25, -0.2) is 0 Å². The minimum atomic E-state index is 0.0268. The zero-order valence-corrected chi connectivity index (χ0v) is 30.1. The van der Waals surface area contributed by atoms with Gasteiger partial charge in [0.25, 0.3) is 6.71 Å². The molecule has 3 heteroatoms. The number of aryl methyl sites for hydroxylation is 6. The summed E-state index contributed by atoms with van der Waals surface area (Å²) in [4.78, 5) is 0. The van der Waals surface area contributed by atoms with E-state index in [4.69, 9.17) is 4.74 Å². The summed E-state index contributed by atoms with van der Waals surface area (Å²) >= 11 is 0. The molecule has 2 aliphatic rings. The SMILES string of the molecule is Cc1cc(C)c(-c2ccc3c(c2)c2cc(-c4c(C)cc(C)cc4C)cc4c2n3-c2cccc3c2B4c2ccc(C(C)(C)C)cc2O3)c(C)c1. The zero-order chi connectivity index (χ0) is 34.1. The predicted molar refractivity (Wildman–Crippen MR) is 210 cm³/mol. The zero-order valence-electron chi connectivity index (χ0n) is 30.1. The van der Waals surface area contributed by atoms with E-state index in [-0.39, 0.29) is 12.1 Å². The summed E-state index contributed by atoms with van der Waals surface area (Å²) in [6.07, 6.45) is 0. The van der Waals surface area contributed by atoms with Crippen LogP contribution >= 0.6 is 0 Å². The third-order valence-electron chi connectivity index (χ3n) is 11.1. The Morgan fingerprint density at radius 3 is 1.86 bits per heavy atom. The highest BCUT2D eigenvalue weighted by atomic mass is 16.5. The highest BCUT2D eigenvalue weighted by Crippen LogP contribution is 2.42. The Bertz CT molecular complexity index is 2530. The van der Waals surface area contributed by atoms with Gasteiger partial charge in [-0.1, -0.05) is 86.5 Å². The molecule has 2 nitrogen and oxygen atoms in total. The first-order chi connectivity index (χ1) is 23.4. The number of aromatic nitrogens is 1. The van der Waals surface area contributed by atoms with Crippen molar-refractivity contribution in [2.24, 2.45) is 0 Å². The van der Waals surface area contributed by atoms with Gasteiger partial charge < -0.3 is 9.30 Å². The monoisotopic (exact) mass is 635 g/mol. The lowest BCUT2D eigenvalue weighted by molar-refractivity contribution is 0.483. The van der Waals surface area contributed by atoms with Crippen LogP contribution in [-0.4, -0.2) is 11.3 Å². The van der Waals surface area contributed by atoms with Crippen molar-refractivity contribution < 1.29 is 4.74 Å². The summed E-state index contributed by atoms with van der Waals surface area (Å²) < 4.78 is 9.34. The van der Waals surface area contributed by atoms with E-state index in [0.29, 0.717) is 0 Å². The fourth-order valence-electron chi connectivity index (χ4n) is 9.25. The van der Waals surface area contributed by atoms with Crippen LogP contribution in [0.1, 0.15) is 59.7 Å². The first kappa shape index (κ1) is 30.1. The maximum atomic E-state index is 6.83. The van der Waals surface area contributed by atoms with Crippen LogP contribution in [0.15, 0.2) is 91.0 Å². The molecule has 0 fully saturated rings. The maximum absolute atomic E-state index is 6.83. The minimum absolute atomic E-state index is 0.0268. The van der Waals surface area contributed by atoms with E-state index >= 15 is 0 Å². The molecule has 3 heterocycles. The molecule has 0 aliphatic carbocycles. The third kappa shape index (κ3) is 4.34. The maximum Gasteiger partial charge on any atom is 0.256 e. The van der Waals surface area contributed by atoms with Crippen molar-refractivity contribution in [1.29, 1.82) is 0 Å². The van der Waals surface area contributed by atoms with Crippen molar-refractivity contribution in [3.05, 3.63) is 130 Å². The van der Waals surface area contributed by atoms with E-state index in [1.807, 2.05) is 0 Å². The second-order valence-corrected chi connectivity index (χ2v) is 15.8. The molecular formula is C46H42BNO. The molecule has 0 bridgehead atoms. The number of benzene rings is 6. The molecule has 9 rings (SSSR count). The molecular weight excluding hydrogens is 593 g/mol. The van der Waals surface area contributed by atoms with E-state index in [1.54, 1.807) is 0 Å². The Morgan fingerprint density at radius 1 is 0.571 bits per heavy atom. The first-order valence-electron chi connectivity index (χ1n) is 17.6. The van der Waals surface area contributed by atoms with Crippen molar-refractivity contribution in [3.8, 4) is 39.4 Å². The molecule has 0 spiro atoms. The molecule has 0 N–H and O–H groups in total. The van der Waals surface area contributed by atoms with Gasteiger partial charge in [0, 0.05) is 22.0 Å². The molecule has 6 aromatic carbocycles. The molecule has 0 saturated heterocycles. The fraction of sp³-hybridized carbons (Fsp3) is 0.217. The standard InChI is InChI=1S/C46H42BNO/c1-25-17-27(3)42(28(4)18-25)31-13-16-38-34(21-31)35-22-32(43-29(5)19-26(2)20-30(43)6)23-37-45(35)48(38)39-11-10-12-40-44(39)47(37)36-15-14-33(46(7,8)9)24-41(36)49-40/h10-24H,1-9H3. The van der Waals surface area contributed by atoms with Crippen LogP contribution < -0.4 is 21.1 Å². The summed E-state index contributed by atoms with van der Waals surface area (Å²) in [6, 6.07) is 34.9. The summed E-state index contributed by atoms with van der Waals surface area (Å²) in [6.45, 7) is 20.3. The Hall–Kier alpha value is -5.02. The van der Waals surface area contributed by atoms with E-state index in [9.17, 15) is 0 Å². The second-order valence-electron chi connectivity index (χ2n) is 15.8. The highest BCUT2D eigenvalue weighted by molar-refractivity contribution is 6.99. The average Bonchev–Trinajstić information content (AvgIpc) is 3.35. The third-order valence-corrected chi connectivity index (χ3v) is 11.1. The summed E-state index contributed by atoms with van der Waals surface area (Å²) in [5.41, 5.74) is 22.0. The van der Waals surface area contributed by atoms with Gasteiger partial charge in [-0.05, 0) is 150 Å². The van der Waals surface area contributed by atoms with Crippen LogP contribution in [0.4, 0.5) is 0 Å². The Kier molecular flexibility index (Phi) is 6.29. The largest absolute Gasteiger partial charge is 0.458 e. The van der Waals surface area contributed by atoms with Crippen LogP contribution in [-0.2, 0) is 5.41 Å². The Morgan fingerprint density at radius 2 is 1.20 bits per heavy atom. The van der Waals surface area contributed by atoms with Crippen molar-refractivity contribution in [1.82, 2.24) is 4.57 Å². The molecule has 0 unspecified atom stereocenters. The van der Waals surface area contributed by atoms with E-state index in [0.717, 1.165) is 11.5 Å². The van der Waals surface area contributed by atoms with Crippen LogP contribution in [0.25, 0.3) is 49.7 Å². The average molecular weight is 636 g/mol. The lowest BCUT2D eigenvalue weighted by atomic mass is 9.34. The van der Waals surface area contributed by atoms with Gasteiger partial charge in [0.1, 0.15) is 11.5 Å². The van der Waals surface area contributed by atoms with E-state index < -0.39 is 0 Å². The number of ether oxygens (including phenoxy) is 1. The van der Waals surface area contributed by atoms with Crippen molar-refractivity contribution in [2.75, 3.05) is 0 Å². The van der Waals surface area contributed by atoms with Gasteiger partial charge in [0.2, 0.25) is 0 Å². The van der Waals surface area contributed by atoms with E-state index in [1.165, 1.54) is 105 Å². The van der Waals surface area contributed by atoms with Crippen LogP contribution in [0.3, 0.4) is 0 Å². The summed E-state index contributed by atoms with van der Waals surface area (Å²) in [7, 11) is 0. The molecule has 0 atom stereocenters. The second kappa shape index (κ2) is 10.2. The molecule has 0 radical (unpaired) electrons. The topological polar surface area (TPSA) is 14.2 Å². The van der Waals surface area contributed by atoms with Crippen LogP contribution in [0.5, 0.6) is 11.5 Å². The van der Waals surface area contributed by atoms with Gasteiger partial charge in [0.15, 0.2) is 0 Å². The van der Waals surface area contributed by atoms with Crippen LogP contribution in [0.2, 0.25) is 0 Å². The number of hydrogen-bond donors (Lipinski definition) is 0. The predicted octanol–water partition coefficient (Wildman–Crippen LogP) is 10.2. The lowest BCUT2D eigenvalue weighted by Crippen LogP contribution is -2.58. The molecule has 7 aromatic rings. The van der Waals surface area contributed by atoms with Crippen molar-refractivity contribution >= 4 is 44.9 Å². The first-order valence-corrected chi connectivity index (χ1v) is 17.6. The quantitative estimate of drug-likeness (QED) is 0.173. The van der Waals surface area contributed by atoms with Crippen molar-refractivity contribution in [2.45, 2.75) is 67.7 Å². The van der Waals surface area contributed by atoms with Gasteiger partial charge >= 0.3 is 0 Å². The normalized spacial score (nSPS) is 13.1. The molecule has 0 saturated carbocycles. The molecule has 0 amide bonds. The Balaban J connectivity index is 1.42. The summed E-state index contributed by atoms with van der Waals surface area (Å²) in [5, 5.41) is 2.60. The highest BCUT2D eigenvalue weighted by Gasteiger charge is 2.41. The van der Waals surface area contributed by atoms with Gasteiger partial charge in [-0.3, -0.25) is 0 Å². The Labute approximate surface area is 290 Å². The van der Waals surface area contributed by atoms with Gasteiger partial charge in [-0.2, -0.15) is 0 Å². The number of rotatable bonds is 2. The van der Waals surface area contributed by atoms with Crippen molar-refractivity contribution in [3.63, 3.8) is 0 Å². The molecule has 49 heavy (non-hydrogen) atoms. The molecule has 240 valence electrons. The molecule has 1 aromatic heterocycles. The lowest BCUT2D eigenvalue weighted by Gasteiger charge is -2.34. The fourth-order valence-corrected chi connectivity index (χ4v) is 9.25. The van der Waals surface area contributed by atoms with Gasteiger partial charge in [-0.15, -0.1) is 0 Å². The number of fused-ring (bicyclic) bond motifs is 7. The van der Waals surface area contributed by atoms with E-state index in [2.05, 4.69) is 158 Å².